The van der Waals surface area contributed by atoms with E-state index in [9.17, 15) is 9.67 Å². The van der Waals surface area contributed by atoms with E-state index < -0.39 is 19.8 Å². The van der Waals surface area contributed by atoms with E-state index >= 15 is 0 Å². The van der Waals surface area contributed by atoms with E-state index in [0.717, 1.165) is 0 Å². The predicted molar refractivity (Wildman–Crippen MR) is 92.2 cm³/mol. The van der Waals surface area contributed by atoms with Crippen molar-refractivity contribution < 1.29 is 23.7 Å². The fourth-order valence-corrected chi connectivity index (χ4v) is 4.96. The molecule has 0 bridgehead atoms. The number of rotatable bonds is 6. The summed E-state index contributed by atoms with van der Waals surface area (Å²) in [6, 6.07) is -1.01. The largest absolute Gasteiger partial charge is 0.394 e. The van der Waals surface area contributed by atoms with Crippen molar-refractivity contribution >= 4 is 23.4 Å². The first-order valence-corrected chi connectivity index (χ1v) is 9.57. The minimum Gasteiger partial charge on any atom is -0.394 e. The third kappa shape index (κ3) is 5.05. The molecule has 0 aliphatic carbocycles. The first-order chi connectivity index (χ1) is 11.2. The molecule has 5 atom stereocenters. The second-order valence-corrected chi connectivity index (χ2v) is 9.11. The number of hydrogen-bond donors (Lipinski definition) is 1. The molecule has 0 aromatic rings. The average Bonchev–Trinajstić information content (AvgIpc) is 2.50. The topological polar surface area (TPSA) is 74.7 Å². The summed E-state index contributed by atoms with van der Waals surface area (Å²) in [5.74, 6) is 0. The van der Waals surface area contributed by atoms with Crippen molar-refractivity contribution in [3.05, 3.63) is 0 Å². The lowest BCUT2D eigenvalue weighted by Gasteiger charge is -2.42. The molecule has 2 fully saturated rings. The molecule has 8 nitrogen and oxygen atoms in total. The molecule has 0 aromatic carbocycles. The Kier molecular flexibility index (Phi) is 7.34. The van der Waals surface area contributed by atoms with Gasteiger partial charge in [-0.25, -0.2) is 9.34 Å². The smallest absolute Gasteiger partial charge is 0.345 e. The lowest BCUT2D eigenvalue weighted by molar-refractivity contribution is -0.0694. The second kappa shape index (κ2) is 8.64. The van der Waals surface area contributed by atoms with Gasteiger partial charge in [0.1, 0.15) is 15.7 Å². The maximum Gasteiger partial charge on any atom is 0.345 e. The van der Waals surface area contributed by atoms with Crippen molar-refractivity contribution in [1.82, 2.24) is 14.2 Å². The highest BCUT2D eigenvalue weighted by molar-refractivity contribution is 7.53. The molecule has 0 amide bonds. The summed E-state index contributed by atoms with van der Waals surface area (Å²) in [6.45, 7) is 1.82. The molecule has 0 saturated carbocycles. The van der Waals surface area contributed by atoms with Crippen LogP contribution in [0, 0.1) is 0 Å². The lowest BCUT2D eigenvalue weighted by atomic mass is 9.98. The number of likely N-dealkylation sites (N-methyl/N-ethyl adjacent to an activating group) is 1. The number of morpholine rings is 2. The standard InChI is InChI=1S/C13H26B2N3O5P/c1-16(2)24(20,18-5-10(8-19)22-13(15)7-18)21-9-11-4-17(3)6-12(14)23-11/h10-13,19H,4-9H2,1-3H3/t10-,11-,12+,13+,24?/m0/s1. The van der Waals surface area contributed by atoms with Crippen LogP contribution in [0.2, 0.25) is 0 Å². The Balaban J connectivity index is 2.03. The van der Waals surface area contributed by atoms with Crippen molar-refractivity contribution in [2.45, 2.75) is 24.2 Å². The van der Waals surface area contributed by atoms with Gasteiger partial charge in [0.05, 0.1) is 25.4 Å². The fourth-order valence-electron chi connectivity index (χ4n) is 2.94. The summed E-state index contributed by atoms with van der Waals surface area (Å²) in [5, 5.41) is 9.33. The maximum atomic E-state index is 13.4. The van der Waals surface area contributed by atoms with Gasteiger partial charge in [-0.15, -0.1) is 0 Å². The van der Waals surface area contributed by atoms with Crippen LogP contribution in [-0.2, 0) is 18.6 Å². The van der Waals surface area contributed by atoms with Crippen LogP contribution in [0.5, 0.6) is 0 Å². The lowest BCUT2D eigenvalue weighted by Crippen LogP contribution is -2.50. The zero-order valence-electron chi connectivity index (χ0n) is 14.6. The SMILES string of the molecule is [B][C@H]1CN(C)C[C@@H](COP(=O)(N(C)C)N2C[C@@H](CO)O[C@@H]([B])C2)O1. The van der Waals surface area contributed by atoms with E-state index in [1.807, 2.05) is 7.05 Å². The van der Waals surface area contributed by atoms with E-state index in [1.54, 1.807) is 23.4 Å². The summed E-state index contributed by atoms with van der Waals surface area (Å²) in [6.07, 6.45) is -0.744. The Morgan fingerprint density at radius 1 is 1.17 bits per heavy atom. The van der Waals surface area contributed by atoms with Gasteiger partial charge in [-0.1, -0.05) is 0 Å². The summed E-state index contributed by atoms with van der Waals surface area (Å²) < 4.78 is 33.5. The van der Waals surface area contributed by atoms with Crippen molar-refractivity contribution in [3.8, 4) is 0 Å². The summed E-state index contributed by atoms with van der Waals surface area (Å²) in [5.41, 5.74) is 0. The molecule has 0 spiro atoms. The van der Waals surface area contributed by atoms with Gasteiger partial charge in [-0.05, 0) is 21.1 Å². The van der Waals surface area contributed by atoms with Gasteiger partial charge in [-0.2, -0.15) is 0 Å². The van der Waals surface area contributed by atoms with E-state index in [0.29, 0.717) is 13.1 Å². The van der Waals surface area contributed by atoms with Gasteiger partial charge in [0.2, 0.25) is 0 Å². The normalized spacial score (nSPS) is 35.9. The molecule has 11 heteroatoms. The molecular formula is C13H26B2N3O5P. The minimum atomic E-state index is -3.30. The third-order valence-corrected chi connectivity index (χ3v) is 6.58. The Bertz CT molecular complexity index is 451. The molecule has 1 unspecified atom stereocenters. The monoisotopic (exact) mass is 357 g/mol. The van der Waals surface area contributed by atoms with E-state index in [-0.39, 0.29) is 38.4 Å². The van der Waals surface area contributed by atoms with Gasteiger partial charge in [0.15, 0.2) is 0 Å². The van der Waals surface area contributed by atoms with Gasteiger partial charge >= 0.3 is 7.67 Å². The molecule has 2 saturated heterocycles. The summed E-state index contributed by atoms with van der Waals surface area (Å²) >= 11 is 0. The highest BCUT2D eigenvalue weighted by atomic mass is 31.2. The minimum absolute atomic E-state index is 0.157. The van der Waals surface area contributed by atoms with Crippen LogP contribution in [0.4, 0.5) is 0 Å². The quantitative estimate of drug-likeness (QED) is 0.464. The van der Waals surface area contributed by atoms with E-state index in [1.165, 1.54) is 0 Å². The van der Waals surface area contributed by atoms with Crippen LogP contribution < -0.4 is 0 Å². The average molecular weight is 357 g/mol. The van der Waals surface area contributed by atoms with Crippen LogP contribution in [-0.4, -0.2) is 120 Å². The molecule has 2 aliphatic heterocycles. The fraction of sp³-hybridized carbons (Fsp3) is 1.00. The highest BCUT2D eigenvalue weighted by Gasteiger charge is 2.41. The Morgan fingerprint density at radius 3 is 2.38 bits per heavy atom. The second-order valence-electron chi connectivity index (χ2n) is 6.50. The summed E-state index contributed by atoms with van der Waals surface area (Å²) in [4.78, 5) is 2.05. The van der Waals surface area contributed by atoms with Gasteiger partial charge in [0, 0.05) is 38.2 Å². The van der Waals surface area contributed by atoms with Crippen molar-refractivity contribution in [2.75, 3.05) is 60.5 Å². The van der Waals surface area contributed by atoms with Gasteiger partial charge < -0.3 is 24.0 Å². The first-order valence-electron chi connectivity index (χ1n) is 8.04. The number of aliphatic hydroxyl groups excluding tert-OH is 1. The van der Waals surface area contributed by atoms with Crippen molar-refractivity contribution in [3.63, 3.8) is 0 Å². The molecule has 24 heavy (non-hydrogen) atoms. The zero-order valence-corrected chi connectivity index (χ0v) is 15.5. The molecule has 0 aromatic heterocycles. The van der Waals surface area contributed by atoms with Crippen LogP contribution in [0.15, 0.2) is 0 Å². The Labute approximate surface area is 146 Å². The Morgan fingerprint density at radius 2 is 1.79 bits per heavy atom. The molecule has 1 N–H and O–H groups in total. The predicted octanol–water partition coefficient (Wildman–Crippen LogP) is -1.31. The Hall–Kier alpha value is 0.0799. The number of nitrogens with zero attached hydrogens (tertiary/aromatic N) is 3. The van der Waals surface area contributed by atoms with Gasteiger partial charge in [0.25, 0.3) is 0 Å². The molecule has 2 rings (SSSR count). The summed E-state index contributed by atoms with van der Waals surface area (Å²) in [7, 11) is 13.7. The van der Waals surface area contributed by atoms with Gasteiger partial charge in [-0.3, -0.25) is 4.57 Å². The molecule has 2 aliphatic rings. The molecular weight excluding hydrogens is 331 g/mol. The highest BCUT2D eigenvalue weighted by Crippen LogP contribution is 2.53. The van der Waals surface area contributed by atoms with Crippen LogP contribution in [0.25, 0.3) is 0 Å². The van der Waals surface area contributed by atoms with Crippen LogP contribution >= 0.6 is 7.67 Å². The van der Waals surface area contributed by atoms with Crippen molar-refractivity contribution in [2.24, 2.45) is 0 Å². The third-order valence-electron chi connectivity index (χ3n) is 4.04. The number of hydrogen-bond acceptors (Lipinski definition) is 6. The van der Waals surface area contributed by atoms with E-state index in [2.05, 4.69) is 4.90 Å². The molecule has 134 valence electrons. The van der Waals surface area contributed by atoms with Crippen molar-refractivity contribution in [1.29, 1.82) is 0 Å². The first kappa shape index (κ1) is 20.4. The zero-order chi connectivity index (χ0) is 17.9. The van der Waals surface area contributed by atoms with Crippen LogP contribution in [0.1, 0.15) is 0 Å². The molecule has 4 radical (unpaired) electrons. The number of aliphatic hydroxyl groups is 1. The molecule has 2 heterocycles. The van der Waals surface area contributed by atoms with E-state index in [4.69, 9.17) is 29.7 Å². The van der Waals surface area contributed by atoms with Crippen LogP contribution in [0.3, 0.4) is 0 Å². The maximum absolute atomic E-state index is 13.4. The number of ether oxygens (including phenoxy) is 2.